The predicted molar refractivity (Wildman–Crippen MR) is 525 cm³/mol. The number of nitrogens with one attached hydrogen (secondary N) is 4. The molecule has 8 aliphatic rings. The Morgan fingerprint density at radius 3 is 1.04 bits per heavy atom. The molecule has 3 amide bonds. The minimum absolute atomic E-state index is 0. The lowest BCUT2D eigenvalue weighted by Crippen LogP contribution is -2.56. The summed E-state index contributed by atoms with van der Waals surface area (Å²) in [4.78, 5) is 94.5. The summed E-state index contributed by atoms with van der Waals surface area (Å²) in [6.45, 7) is 21.8. The fourth-order valence-corrected chi connectivity index (χ4v) is 19.2. The van der Waals surface area contributed by atoms with Gasteiger partial charge in [0.1, 0.15) is 68.2 Å². The maximum absolute atomic E-state index is 15.3. The average Bonchev–Trinajstić information content (AvgIpc) is 1.71. The Labute approximate surface area is 819 Å². The van der Waals surface area contributed by atoms with E-state index in [4.69, 9.17) is 87.0 Å². The maximum atomic E-state index is 15.3. The fraction of sp³-hybridized carbons (Fsp3) is 0.505. The molecule has 18 rings (SSSR count). The third kappa shape index (κ3) is 24.4. The number of hydrogen-bond donors (Lipinski definition) is 9. The summed E-state index contributed by atoms with van der Waals surface area (Å²) in [5, 5.41) is 23.3. The number of carbonyl (C=O) groups excluding carboxylic acids is 3. The van der Waals surface area contributed by atoms with Crippen molar-refractivity contribution in [2.24, 2.45) is 0 Å². The maximum Gasteiger partial charge on any atom is 0.410 e. The Hall–Kier alpha value is -13.1. The Balaban J connectivity index is 0.000000157. The first-order valence-corrected chi connectivity index (χ1v) is 46.5. The summed E-state index contributed by atoms with van der Waals surface area (Å²) in [7, 11) is 11.2. The van der Waals surface area contributed by atoms with Crippen LogP contribution in [0.4, 0.5) is 77.0 Å². The summed E-state index contributed by atoms with van der Waals surface area (Å²) < 4.78 is 137. The quantitative estimate of drug-likeness (QED) is 0.0238. The van der Waals surface area contributed by atoms with Gasteiger partial charge >= 0.3 is 18.2 Å². The lowest BCUT2D eigenvalue weighted by molar-refractivity contribution is -0.137. The standard InChI is InChI=1S/C27H32F2N6O3.C21H28FN5O4.C16H20FN5O2.C11H14FNO2.C11H20N2O2.C10H9ClFN3O2.CH4/c1-4-31-20(15-5-7-16(28)8-6-15)12-22(36)34-13-17-9-10-18(14-34)35(17)27-32-24-19(26(30)33-27)11-21(37-2)25(38-3)23(24)29;1-21(2,3)31-20(28)26-9-11-6-7-12(10-26)27(11)19-24-16-13(18(23)25-19)8-14(29-4)17(30-5)15(16)22;1-23-11-5-10-13(12(17)14(11)24-2)20-16(21-15(10)18)22-8-3-4-9(22)7-19-6-8;1-2-13-10(7-11(14)15)8-3-5-9(12)6-4-8;1-11(2,3)15-10(14)13-6-8-4-5-9(7-13)12-8;1-16-5-3-4-7(6(12)8(5)17-2)14-10(11)15-9(4)13;/h5-8,11,17-18,20,31H,4,9-10,12-14H2,1-3H3,(H2,30,32,33);8,11-12H,6-7,9-10H2,1-5H3,(H2,23,24,25);5,8-9,19H,3-4,6-7H2,1-2H3,(H2,18,20,21);3-6,10,13H,2,7H2,1H3,(H,14,15);8-9,12H,4-7H2,1-3H3;3H,1-2H3,(H2,13,14,15);1H4/t17?,18?,20-;;;10-;;;/m1..1.../s1. The molecule has 141 heavy (non-hydrogen) atoms. The number of carbonyl (C=O) groups is 4. The van der Waals surface area contributed by atoms with Gasteiger partial charge in [0.15, 0.2) is 69.3 Å². The molecule has 10 atom stereocenters. The minimum Gasteiger partial charge on any atom is -0.493 e. The van der Waals surface area contributed by atoms with Gasteiger partial charge in [0.05, 0.1) is 75.4 Å². The number of carboxylic acids is 1. The predicted octanol–water partition coefficient (Wildman–Crippen LogP) is 13.7. The molecule has 8 unspecified atom stereocenters. The van der Waals surface area contributed by atoms with Gasteiger partial charge in [0.25, 0.3) is 0 Å². The molecule has 0 radical (unpaired) electrons. The molecule has 8 aliphatic heterocycles. The van der Waals surface area contributed by atoms with Gasteiger partial charge in [-0.1, -0.05) is 45.5 Å². The monoisotopic (exact) mass is 1990 g/mol. The van der Waals surface area contributed by atoms with Crippen LogP contribution in [0.3, 0.4) is 0 Å². The zero-order valence-electron chi connectivity index (χ0n) is 81.2. The summed E-state index contributed by atoms with van der Waals surface area (Å²) in [5.41, 5.74) is 25.2. The largest absolute Gasteiger partial charge is 0.493 e. The summed E-state index contributed by atoms with van der Waals surface area (Å²) in [6.07, 6.45) is 7.77. The van der Waals surface area contributed by atoms with E-state index in [0.717, 1.165) is 75.8 Å². The summed E-state index contributed by atoms with van der Waals surface area (Å²) in [5.74, 6) is -1.38. The van der Waals surface area contributed by atoms with Crippen LogP contribution >= 0.6 is 11.6 Å². The first kappa shape index (κ1) is 107. The molecule has 764 valence electrons. The van der Waals surface area contributed by atoms with Gasteiger partial charge < -0.3 is 126 Å². The number of likely N-dealkylation sites (tertiary alicyclic amines) is 3. The van der Waals surface area contributed by atoms with Crippen LogP contribution in [0, 0.1) is 34.9 Å². The van der Waals surface area contributed by atoms with E-state index in [1.54, 1.807) is 47.4 Å². The van der Waals surface area contributed by atoms with Gasteiger partial charge in [-0.05, 0) is 177 Å². The number of ether oxygens (including phenoxy) is 10. The van der Waals surface area contributed by atoms with E-state index in [2.05, 4.69) is 70.9 Å². The van der Waals surface area contributed by atoms with Crippen LogP contribution in [0.5, 0.6) is 46.0 Å². The molecule has 6 aromatic carbocycles. The lowest BCUT2D eigenvalue weighted by atomic mass is 10.0. The number of anilines is 7. The number of methoxy groups -OCH3 is 8. The molecule has 8 bridgehead atoms. The zero-order chi connectivity index (χ0) is 101. The summed E-state index contributed by atoms with van der Waals surface area (Å²) >= 11 is 5.62. The molecule has 0 saturated carbocycles. The number of aromatic nitrogens is 8. The van der Waals surface area contributed by atoms with Crippen LogP contribution in [0.2, 0.25) is 5.28 Å². The molecular weight excluding hydrogens is 1860 g/mol. The zero-order valence-corrected chi connectivity index (χ0v) is 82.0. The molecule has 0 aliphatic carbocycles. The smallest absolute Gasteiger partial charge is 0.410 e. The lowest BCUT2D eigenvalue weighted by Gasteiger charge is -2.41. The molecule has 12 heterocycles. The van der Waals surface area contributed by atoms with E-state index < -0.39 is 34.8 Å². The van der Waals surface area contributed by atoms with Crippen molar-refractivity contribution in [3.63, 3.8) is 0 Å². The van der Waals surface area contributed by atoms with Gasteiger partial charge in [0.2, 0.25) is 29.0 Å². The fourth-order valence-electron chi connectivity index (χ4n) is 19.0. The second-order valence-electron chi connectivity index (χ2n) is 36.8. The Kier molecular flexibility index (Phi) is 34.9. The normalized spacial score (nSPS) is 19.6. The number of aliphatic carboxylic acids is 1. The van der Waals surface area contributed by atoms with E-state index in [1.807, 2.05) is 70.1 Å². The number of nitrogen functional groups attached to an aromatic ring is 4. The Morgan fingerprint density at radius 2 is 0.723 bits per heavy atom. The highest BCUT2D eigenvalue weighted by atomic mass is 35.5. The highest BCUT2D eigenvalue weighted by molar-refractivity contribution is 6.28. The first-order valence-electron chi connectivity index (χ1n) is 46.2. The Morgan fingerprint density at radius 1 is 0.426 bits per heavy atom. The Bertz CT molecular complexity index is 6070. The summed E-state index contributed by atoms with van der Waals surface area (Å²) in [6, 6.07) is 19.5. The number of nitrogens with two attached hydrogens (primary N) is 4. The molecule has 8 saturated heterocycles. The topological polar surface area (TPSA) is 456 Å². The van der Waals surface area contributed by atoms with Crippen molar-refractivity contribution < 1.29 is 98.0 Å². The van der Waals surface area contributed by atoms with Gasteiger partial charge in [-0.2, -0.15) is 15.0 Å². The number of carboxylic acid groups (broad SMARTS) is 1. The van der Waals surface area contributed by atoms with Crippen molar-refractivity contribution in [2.75, 3.05) is 160 Å². The van der Waals surface area contributed by atoms with Crippen molar-refractivity contribution >= 4 is 120 Å². The number of halogens is 7. The number of hydrogen-bond acceptors (Lipinski definition) is 33. The third-order valence-corrected chi connectivity index (χ3v) is 25.4. The number of piperazine rings is 4. The van der Waals surface area contributed by atoms with Crippen LogP contribution in [0.1, 0.15) is 150 Å². The molecule has 10 aromatic rings. The molecular formula is C97H127ClF6N22O15. The highest BCUT2D eigenvalue weighted by Crippen LogP contribution is 2.46. The van der Waals surface area contributed by atoms with Gasteiger partial charge in [-0.15, -0.1) is 0 Å². The number of rotatable bonds is 21. The highest BCUT2D eigenvalue weighted by Gasteiger charge is 2.47. The van der Waals surface area contributed by atoms with E-state index in [1.165, 1.54) is 100 Å². The van der Waals surface area contributed by atoms with E-state index in [9.17, 15) is 36.7 Å². The third-order valence-electron chi connectivity index (χ3n) is 25.3. The van der Waals surface area contributed by atoms with Gasteiger partial charge in [-0.25, -0.2) is 60.9 Å². The molecule has 8 fully saturated rings. The van der Waals surface area contributed by atoms with Crippen molar-refractivity contribution in [3.8, 4) is 46.0 Å². The van der Waals surface area contributed by atoms with Crippen LogP contribution < -0.4 is 96.8 Å². The van der Waals surface area contributed by atoms with Crippen LogP contribution in [0.15, 0.2) is 72.8 Å². The first-order chi connectivity index (χ1) is 66.7. The van der Waals surface area contributed by atoms with Crippen molar-refractivity contribution in [2.45, 2.75) is 199 Å². The number of benzene rings is 6. The van der Waals surface area contributed by atoms with Gasteiger partial charge in [-0.3, -0.25) is 9.59 Å². The van der Waals surface area contributed by atoms with Crippen molar-refractivity contribution in [3.05, 3.63) is 124 Å². The second-order valence-corrected chi connectivity index (χ2v) is 37.1. The number of amides is 3. The molecule has 37 nitrogen and oxygen atoms in total. The molecule has 13 N–H and O–H groups in total. The minimum atomic E-state index is -0.870. The molecule has 4 aromatic heterocycles. The van der Waals surface area contributed by atoms with E-state index in [-0.39, 0.29) is 188 Å². The van der Waals surface area contributed by atoms with Crippen LogP contribution in [-0.4, -0.2) is 266 Å². The average molecular weight is 1990 g/mol. The molecule has 0 spiro atoms. The number of fused-ring (bicyclic) bond motifs is 12. The molecule has 44 heteroatoms. The van der Waals surface area contributed by atoms with E-state index in [0.29, 0.717) is 103 Å². The van der Waals surface area contributed by atoms with Crippen molar-refractivity contribution in [1.82, 2.24) is 75.8 Å². The SMILES string of the molecule is C.CC(C)(C)OC(=O)N1CC2CCC(C1)N2.CCN[C@H](CC(=O)N1CC2CCC(C1)N2c1nc(N)c2cc(OC)c(OC)c(F)c2n1)c1ccc(F)cc1.CCN[C@H](CC(=O)O)c1ccc(F)cc1.COc1cc2c(N)nc(Cl)nc2c(F)c1OC.COc1cc2c(N)nc(N3C4CCC3CN(C(=O)OC(C)(C)C)C4)nc2c(F)c1OC.COc1cc2c(N)nc(N3C4CCC3CNC4)nc2c(F)c1OC. The van der Waals surface area contributed by atoms with Crippen LogP contribution in [0.25, 0.3) is 43.6 Å². The van der Waals surface area contributed by atoms with Crippen molar-refractivity contribution in [1.29, 1.82) is 0 Å². The van der Waals surface area contributed by atoms with Crippen LogP contribution in [-0.2, 0) is 19.1 Å². The number of nitrogens with zero attached hydrogens (tertiary/aromatic N) is 14. The second kappa shape index (κ2) is 46.1. The van der Waals surface area contributed by atoms with Gasteiger partial charge in [0, 0.05) is 129 Å². The van der Waals surface area contributed by atoms with E-state index >= 15 is 8.78 Å².